The van der Waals surface area contributed by atoms with Crippen LogP contribution in [-0.4, -0.2) is 11.8 Å². The number of furan rings is 2. The highest BCUT2D eigenvalue weighted by Crippen LogP contribution is 2.50. The Labute approximate surface area is 348 Å². The third-order valence-electron chi connectivity index (χ3n) is 13.8. The van der Waals surface area contributed by atoms with Crippen LogP contribution in [-0.2, 0) is 10.8 Å². The molecule has 0 unspecified atom stereocenters. The summed E-state index contributed by atoms with van der Waals surface area (Å²) in [5.41, 5.74) is 21.1. The molecular formula is C55H41BN2O2. The monoisotopic (exact) mass is 772 g/mol. The summed E-state index contributed by atoms with van der Waals surface area (Å²) >= 11 is 0. The topological polar surface area (TPSA) is 43.2 Å². The average molecular weight is 773 g/mol. The molecule has 4 nitrogen and oxygen atoms in total. The van der Waals surface area contributed by atoms with E-state index in [1.54, 1.807) is 0 Å². The normalized spacial score (nSPS) is 14.0. The highest BCUT2D eigenvalue weighted by molar-refractivity contribution is 6.73. The van der Waals surface area contributed by atoms with Crippen molar-refractivity contribution < 1.29 is 8.83 Å². The molecule has 1 aliphatic heterocycles. The van der Waals surface area contributed by atoms with E-state index in [0.717, 1.165) is 68.1 Å². The number of fused-ring (bicyclic) bond motifs is 14. The van der Waals surface area contributed by atoms with Gasteiger partial charge in [-0.3, -0.25) is 0 Å². The number of hydrogen-bond acceptors (Lipinski definition) is 3. The summed E-state index contributed by atoms with van der Waals surface area (Å²) < 4.78 is 15.6. The van der Waals surface area contributed by atoms with E-state index in [2.05, 4.69) is 184 Å². The Bertz CT molecular complexity index is 3670. The van der Waals surface area contributed by atoms with Crippen LogP contribution in [0, 0.1) is 0 Å². The first kappa shape index (κ1) is 33.9. The molecule has 2 aliphatic rings. The van der Waals surface area contributed by atoms with Gasteiger partial charge in [-0.1, -0.05) is 131 Å². The zero-order valence-corrected chi connectivity index (χ0v) is 34.3. The van der Waals surface area contributed by atoms with Gasteiger partial charge in [0.05, 0.1) is 11.2 Å². The molecular weight excluding hydrogens is 731 g/mol. The number of para-hydroxylation sites is 2. The lowest BCUT2D eigenvalue weighted by Gasteiger charge is -2.27. The first-order valence-electron chi connectivity index (χ1n) is 21.1. The van der Waals surface area contributed by atoms with E-state index in [-0.39, 0.29) is 10.8 Å². The van der Waals surface area contributed by atoms with Crippen LogP contribution >= 0.6 is 0 Å². The molecule has 0 atom stereocenters. The highest BCUT2D eigenvalue weighted by Gasteiger charge is 2.38. The van der Waals surface area contributed by atoms with Crippen molar-refractivity contribution in [2.24, 2.45) is 0 Å². The number of hydrogen-bond donors (Lipinski definition) is 1. The summed E-state index contributed by atoms with van der Waals surface area (Å²) in [6.45, 7) is 11.5. The molecule has 11 aromatic rings. The molecule has 0 fully saturated rings. The fraction of sp³-hybridized carbons (Fsp3) is 0.127. The molecule has 0 radical (unpaired) electrons. The van der Waals surface area contributed by atoms with E-state index in [0.29, 0.717) is 0 Å². The van der Waals surface area contributed by atoms with Gasteiger partial charge in [0.2, 0.25) is 0 Å². The summed E-state index contributed by atoms with van der Waals surface area (Å²) in [4.78, 5) is 0. The fourth-order valence-corrected chi connectivity index (χ4v) is 10.7. The third-order valence-corrected chi connectivity index (χ3v) is 13.8. The highest BCUT2D eigenvalue weighted by atomic mass is 16.3. The average Bonchev–Trinajstić information content (AvgIpc) is 3.96. The smallest absolute Gasteiger partial charge is 0.198 e. The summed E-state index contributed by atoms with van der Waals surface area (Å²) in [6, 6.07) is 53.6. The summed E-state index contributed by atoms with van der Waals surface area (Å²) in [5.74, 6) is 0. The van der Waals surface area contributed by atoms with Gasteiger partial charge in [0.15, 0.2) is 7.28 Å². The fourth-order valence-electron chi connectivity index (χ4n) is 10.7. The first-order chi connectivity index (χ1) is 29.1. The van der Waals surface area contributed by atoms with Gasteiger partial charge in [0.1, 0.15) is 22.3 Å². The van der Waals surface area contributed by atoms with Crippen molar-refractivity contribution in [3.63, 3.8) is 0 Å². The van der Waals surface area contributed by atoms with Crippen LogP contribution in [0.2, 0.25) is 0 Å². The van der Waals surface area contributed by atoms with Crippen molar-refractivity contribution in [1.82, 2.24) is 4.57 Å². The number of nitrogens with zero attached hydrogens (tertiary/aromatic N) is 1. The Balaban J connectivity index is 1.11. The Kier molecular flexibility index (Phi) is 6.57. The molecule has 1 N–H and O–H groups in total. The van der Waals surface area contributed by atoms with Gasteiger partial charge in [0.25, 0.3) is 0 Å². The Morgan fingerprint density at radius 1 is 0.533 bits per heavy atom. The molecule has 0 saturated carbocycles. The number of benzene rings is 8. The lowest BCUT2D eigenvalue weighted by atomic mass is 9.58. The van der Waals surface area contributed by atoms with Crippen molar-refractivity contribution in [3.8, 4) is 27.9 Å². The Morgan fingerprint density at radius 2 is 1.22 bits per heavy atom. The Morgan fingerprint density at radius 3 is 1.97 bits per heavy atom. The number of rotatable bonds is 3. The zero-order valence-electron chi connectivity index (χ0n) is 34.3. The zero-order chi connectivity index (χ0) is 40.2. The molecule has 60 heavy (non-hydrogen) atoms. The van der Waals surface area contributed by atoms with Gasteiger partial charge in [-0.15, -0.1) is 0 Å². The number of nitrogens with one attached hydrogen (secondary N) is 1. The van der Waals surface area contributed by atoms with Crippen molar-refractivity contribution in [2.45, 2.75) is 45.4 Å². The molecule has 8 aromatic carbocycles. The summed E-state index contributed by atoms with van der Waals surface area (Å²) in [7, 11) is 0.807. The van der Waals surface area contributed by atoms with Gasteiger partial charge < -0.3 is 18.7 Å². The minimum Gasteiger partial charge on any atom is -0.456 e. The first-order valence-corrected chi connectivity index (χ1v) is 21.1. The van der Waals surface area contributed by atoms with Gasteiger partial charge in [-0.2, -0.15) is 0 Å². The lowest BCUT2D eigenvalue weighted by Crippen LogP contribution is -2.38. The van der Waals surface area contributed by atoms with Gasteiger partial charge in [-0.25, -0.2) is 0 Å². The minimum absolute atomic E-state index is 0.0669. The molecule has 286 valence electrons. The van der Waals surface area contributed by atoms with Crippen LogP contribution in [0.5, 0.6) is 0 Å². The molecule has 13 rings (SSSR count). The maximum Gasteiger partial charge on any atom is 0.198 e. The van der Waals surface area contributed by atoms with Crippen LogP contribution in [0.1, 0.15) is 51.3 Å². The molecule has 3 aromatic heterocycles. The maximum atomic E-state index is 6.53. The summed E-state index contributed by atoms with van der Waals surface area (Å²) in [6.07, 6.45) is 0. The van der Waals surface area contributed by atoms with Gasteiger partial charge >= 0.3 is 0 Å². The van der Waals surface area contributed by atoms with Gasteiger partial charge in [-0.05, 0) is 92.8 Å². The second kappa shape index (κ2) is 11.6. The van der Waals surface area contributed by atoms with Crippen molar-refractivity contribution in [3.05, 3.63) is 162 Å². The molecule has 0 spiro atoms. The van der Waals surface area contributed by atoms with Gasteiger partial charge in [0, 0.05) is 66.3 Å². The van der Waals surface area contributed by atoms with E-state index < -0.39 is 0 Å². The molecule has 5 heteroatoms. The molecule has 0 amide bonds. The van der Waals surface area contributed by atoms with Crippen molar-refractivity contribution in [1.29, 1.82) is 0 Å². The standard InChI is InChI=1S/C55H41BN2O2/c1-54(2,3)30-18-20-31(21-19-30)57-45-29-51-40(33-13-7-10-16-48(33)60-51)24-38(45)35-22-23-36-39-27-50-41(34-14-8-11-17-49(34)59-50)26-46(39)58-47-25-37-32-12-6-9-15-42(32)55(4,5)43(37)28-44(47)56-52(35)53(36)58/h6-29,56-57H,1-5H3. The third kappa shape index (κ3) is 4.58. The van der Waals surface area contributed by atoms with Crippen LogP contribution in [0.4, 0.5) is 11.4 Å². The van der Waals surface area contributed by atoms with Crippen molar-refractivity contribution >= 4 is 95.3 Å². The van der Waals surface area contributed by atoms with E-state index in [1.165, 1.54) is 71.8 Å². The largest absolute Gasteiger partial charge is 0.456 e. The molecule has 4 heterocycles. The number of aromatic nitrogens is 1. The Hall–Kier alpha value is -6.98. The SMILES string of the molecule is CC(C)(C)c1ccc(Nc2cc3oc4ccccc4c3cc2-c2ccc3c4cc5oc6ccccc6c5cc4n4c3c2Bc2cc3c(cc2-4)-c2ccccc2C3(C)C)cc1. The van der Waals surface area contributed by atoms with Crippen LogP contribution < -0.4 is 16.2 Å². The second-order valence-electron chi connectivity index (χ2n) is 18.6. The lowest BCUT2D eigenvalue weighted by molar-refractivity contribution is 0.590. The molecule has 1 aliphatic carbocycles. The summed E-state index contributed by atoms with van der Waals surface area (Å²) in [5, 5.41) is 10.8. The molecule has 0 saturated heterocycles. The van der Waals surface area contributed by atoms with Crippen LogP contribution in [0.25, 0.3) is 93.6 Å². The van der Waals surface area contributed by atoms with Crippen molar-refractivity contribution in [2.75, 3.05) is 5.32 Å². The minimum atomic E-state index is -0.107. The number of anilines is 2. The van der Waals surface area contributed by atoms with E-state index in [9.17, 15) is 0 Å². The van der Waals surface area contributed by atoms with Crippen LogP contribution in [0.15, 0.2) is 154 Å². The van der Waals surface area contributed by atoms with E-state index in [4.69, 9.17) is 8.83 Å². The maximum absolute atomic E-state index is 6.53. The second-order valence-corrected chi connectivity index (χ2v) is 18.6. The quantitative estimate of drug-likeness (QED) is 0.182. The van der Waals surface area contributed by atoms with E-state index in [1.807, 2.05) is 6.07 Å². The predicted octanol–water partition coefficient (Wildman–Crippen LogP) is 13.3. The van der Waals surface area contributed by atoms with E-state index >= 15 is 0 Å². The predicted molar refractivity (Wildman–Crippen MR) is 253 cm³/mol. The molecule has 0 bridgehead atoms. The van der Waals surface area contributed by atoms with Crippen LogP contribution in [0.3, 0.4) is 0 Å².